The van der Waals surface area contributed by atoms with E-state index in [1.54, 1.807) is 0 Å². The van der Waals surface area contributed by atoms with Crippen molar-refractivity contribution in [2.75, 3.05) is 5.32 Å². The molecule has 0 aliphatic heterocycles. The fourth-order valence-electron chi connectivity index (χ4n) is 5.29. The number of carboxylic acid groups (broad SMARTS) is 1. The Morgan fingerprint density at radius 2 is 1.88 bits per heavy atom. The van der Waals surface area contributed by atoms with Gasteiger partial charge in [-0.15, -0.1) is 0 Å². The molecule has 2 saturated carbocycles. The SMILES string of the molecule is Cc1cccc(NC(=O)C[C@H](CC(=O)O)c2noc(C3CC(CC(C)C)C3)c2C2CC2)c1C. The van der Waals surface area contributed by atoms with Crippen LogP contribution in [-0.4, -0.2) is 22.1 Å². The van der Waals surface area contributed by atoms with E-state index < -0.39 is 11.9 Å². The maximum absolute atomic E-state index is 12.9. The van der Waals surface area contributed by atoms with Gasteiger partial charge in [-0.3, -0.25) is 9.59 Å². The van der Waals surface area contributed by atoms with Crippen LogP contribution in [0.15, 0.2) is 22.7 Å². The van der Waals surface area contributed by atoms with Gasteiger partial charge in [-0.05, 0) is 80.9 Å². The topological polar surface area (TPSA) is 92.4 Å². The molecule has 1 aromatic carbocycles. The predicted octanol–water partition coefficient (Wildman–Crippen LogP) is 6.30. The van der Waals surface area contributed by atoms with Gasteiger partial charge in [0.1, 0.15) is 5.76 Å². The molecule has 0 radical (unpaired) electrons. The second-order valence-electron chi connectivity index (χ2n) is 10.6. The average molecular weight is 453 g/mol. The molecule has 1 amide bonds. The molecule has 1 aromatic heterocycles. The molecular formula is C27H36N2O4. The Kier molecular flexibility index (Phi) is 6.91. The molecule has 0 bridgehead atoms. The zero-order chi connectivity index (χ0) is 23.7. The molecule has 2 fully saturated rings. The first-order valence-electron chi connectivity index (χ1n) is 12.3. The zero-order valence-electron chi connectivity index (χ0n) is 20.2. The molecular weight excluding hydrogens is 416 g/mol. The van der Waals surface area contributed by atoms with Gasteiger partial charge < -0.3 is 14.9 Å². The highest BCUT2D eigenvalue weighted by atomic mass is 16.5. The third-order valence-corrected chi connectivity index (χ3v) is 7.30. The van der Waals surface area contributed by atoms with Gasteiger partial charge in [0.15, 0.2) is 0 Å². The summed E-state index contributed by atoms with van der Waals surface area (Å²) in [4.78, 5) is 24.6. The Balaban J connectivity index is 1.52. The lowest BCUT2D eigenvalue weighted by molar-refractivity contribution is -0.137. The van der Waals surface area contributed by atoms with Crippen molar-refractivity contribution in [3.63, 3.8) is 0 Å². The van der Waals surface area contributed by atoms with Crippen LogP contribution in [0.4, 0.5) is 5.69 Å². The summed E-state index contributed by atoms with van der Waals surface area (Å²) in [6.07, 6.45) is 5.57. The fraction of sp³-hybridized carbons (Fsp3) is 0.593. The van der Waals surface area contributed by atoms with E-state index in [2.05, 4.69) is 24.3 Å². The molecule has 0 saturated heterocycles. The highest BCUT2D eigenvalue weighted by molar-refractivity contribution is 5.92. The summed E-state index contributed by atoms with van der Waals surface area (Å²) in [5, 5.41) is 16.9. The van der Waals surface area contributed by atoms with Crippen molar-refractivity contribution in [1.82, 2.24) is 5.16 Å². The number of carbonyl (C=O) groups is 2. The van der Waals surface area contributed by atoms with E-state index in [-0.39, 0.29) is 18.7 Å². The Morgan fingerprint density at radius 3 is 2.52 bits per heavy atom. The van der Waals surface area contributed by atoms with E-state index >= 15 is 0 Å². The maximum Gasteiger partial charge on any atom is 0.304 e. The normalized spacial score (nSPS) is 21.0. The van der Waals surface area contributed by atoms with Crippen LogP contribution in [0.1, 0.15) is 105 Å². The van der Waals surface area contributed by atoms with Crippen molar-refractivity contribution in [3.8, 4) is 0 Å². The van der Waals surface area contributed by atoms with Gasteiger partial charge in [-0.2, -0.15) is 0 Å². The summed E-state index contributed by atoms with van der Waals surface area (Å²) < 4.78 is 5.88. The molecule has 0 unspecified atom stereocenters. The lowest BCUT2D eigenvalue weighted by atomic mass is 9.69. The Morgan fingerprint density at radius 1 is 1.15 bits per heavy atom. The molecule has 4 rings (SSSR count). The van der Waals surface area contributed by atoms with Crippen molar-refractivity contribution in [2.24, 2.45) is 11.8 Å². The molecule has 33 heavy (non-hydrogen) atoms. The molecule has 2 N–H and O–H groups in total. The summed E-state index contributed by atoms with van der Waals surface area (Å²) in [6, 6.07) is 5.79. The number of nitrogens with one attached hydrogen (secondary N) is 1. The molecule has 2 aliphatic carbocycles. The van der Waals surface area contributed by atoms with E-state index in [0.29, 0.717) is 23.4 Å². The molecule has 2 aromatic rings. The van der Waals surface area contributed by atoms with Crippen molar-refractivity contribution in [3.05, 3.63) is 46.3 Å². The third-order valence-electron chi connectivity index (χ3n) is 7.30. The van der Waals surface area contributed by atoms with Gasteiger partial charge in [-0.1, -0.05) is 31.1 Å². The number of carboxylic acids is 1. The number of rotatable bonds is 10. The van der Waals surface area contributed by atoms with Crippen molar-refractivity contribution in [2.45, 2.75) is 90.4 Å². The van der Waals surface area contributed by atoms with Crippen LogP contribution < -0.4 is 5.32 Å². The first kappa shape index (κ1) is 23.5. The monoisotopic (exact) mass is 452 g/mol. The fourth-order valence-corrected chi connectivity index (χ4v) is 5.29. The van der Waals surface area contributed by atoms with Crippen molar-refractivity contribution < 1.29 is 19.2 Å². The smallest absolute Gasteiger partial charge is 0.304 e. The number of benzene rings is 1. The lowest BCUT2D eigenvalue weighted by Crippen LogP contribution is -2.24. The van der Waals surface area contributed by atoms with Gasteiger partial charge in [-0.25, -0.2) is 0 Å². The van der Waals surface area contributed by atoms with Crippen LogP contribution in [-0.2, 0) is 9.59 Å². The van der Waals surface area contributed by atoms with Gasteiger partial charge in [0.25, 0.3) is 0 Å². The van der Waals surface area contributed by atoms with Crippen LogP contribution in [0.25, 0.3) is 0 Å². The van der Waals surface area contributed by atoms with Crippen molar-refractivity contribution >= 4 is 17.6 Å². The quantitative estimate of drug-likeness (QED) is 0.441. The molecule has 2 aliphatic rings. The van der Waals surface area contributed by atoms with Crippen LogP contribution in [0.5, 0.6) is 0 Å². The van der Waals surface area contributed by atoms with Crippen LogP contribution in [0, 0.1) is 25.7 Å². The van der Waals surface area contributed by atoms with Crippen LogP contribution in [0.3, 0.4) is 0 Å². The number of hydrogen-bond acceptors (Lipinski definition) is 4. The minimum Gasteiger partial charge on any atom is -0.481 e. The minimum atomic E-state index is -0.925. The first-order chi connectivity index (χ1) is 15.7. The maximum atomic E-state index is 12.9. The number of aliphatic carboxylic acids is 1. The summed E-state index contributed by atoms with van der Waals surface area (Å²) in [5.74, 6) is 1.54. The largest absolute Gasteiger partial charge is 0.481 e. The molecule has 0 spiro atoms. The van der Waals surface area contributed by atoms with E-state index in [4.69, 9.17) is 4.52 Å². The van der Waals surface area contributed by atoms with Gasteiger partial charge in [0, 0.05) is 29.5 Å². The molecule has 1 atom stereocenters. The standard InChI is InChI=1S/C27H36N2O4/c1-15(2)10-18-11-21(12-18)27-25(19-8-9-19)26(29-33-27)20(14-24(31)32)13-23(30)28-22-7-5-6-16(3)17(22)4/h5-7,15,18-21H,8-14H2,1-4H3,(H,28,30)(H,31,32)/t18?,20-,21?/m1/s1. The van der Waals surface area contributed by atoms with Crippen LogP contribution in [0.2, 0.25) is 0 Å². The van der Waals surface area contributed by atoms with E-state index in [9.17, 15) is 14.7 Å². The number of nitrogens with zero attached hydrogens (tertiary/aromatic N) is 1. The summed E-state index contributed by atoms with van der Waals surface area (Å²) in [5.41, 5.74) is 4.68. The number of hydrogen-bond donors (Lipinski definition) is 2. The predicted molar refractivity (Wildman–Crippen MR) is 128 cm³/mol. The highest BCUT2D eigenvalue weighted by Crippen LogP contribution is 2.52. The summed E-state index contributed by atoms with van der Waals surface area (Å²) in [7, 11) is 0. The average Bonchev–Trinajstić information content (AvgIpc) is 3.45. The second-order valence-corrected chi connectivity index (χ2v) is 10.6. The summed E-state index contributed by atoms with van der Waals surface area (Å²) in [6.45, 7) is 8.49. The molecule has 1 heterocycles. The number of amides is 1. The summed E-state index contributed by atoms with van der Waals surface area (Å²) >= 11 is 0. The molecule has 6 nitrogen and oxygen atoms in total. The highest BCUT2D eigenvalue weighted by Gasteiger charge is 2.42. The second kappa shape index (κ2) is 9.70. The van der Waals surface area contributed by atoms with Crippen LogP contribution >= 0.6 is 0 Å². The minimum absolute atomic E-state index is 0.0754. The van der Waals surface area contributed by atoms with E-state index in [0.717, 1.165) is 59.7 Å². The number of aryl methyl sites for hydroxylation is 1. The Labute approximate surface area is 196 Å². The third kappa shape index (κ3) is 5.48. The Hall–Kier alpha value is -2.63. The lowest BCUT2D eigenvalue weighted by Gasteiger charge is -2.35. The van der Waals surface area contributed by atoms with Crippen molar-refractivity contribution in [1.29, 1.82) is 0 Å². The molecule has 178 valence electrons. The number of carbonyl (C=O) groups excluding carboxylic acids is 1. The Bertz CT molecular complexity index is 1020. The first-order valence-corrected chi connectivity index (χ1v) is 12.3. The molecule has 6 heteroatoms. The zero-order valence-corrected chi connectivity index (χ0v) is 20.2. The van der Waals surface area contributed by atoms with E-state index in [1.807, 2.05) is 32.0 Å². The number of aromatic nitrogens is 1. The van der Waals surface area contributed by atoms with Gasteiger partial charge in [0.2, 0.25) is 5.91 Å². The van der Waals surface area contributed by atoms with Gasteiger partial charge >= 0.3 is 5.97 Å². The van der Waals surface area contributed by atoms with Gasteiger partial charge in [0.05, 0.1) is 12.1 Å². The number of anilines is 1. The van der Waals surface area contributed by atoms with E-state index in [1.165, 1.54) is 6.42 Å².